The fourth-order valence-electron chi connectivity index (χ4n) is 4.49. The highest BCUT2D eigenvalue weighted by atomic mass is 19.1. The summed E-state index contributed by atoms with van der Waals surface area (Å²) in [5, 5.41) is 2.80. The molecule has 5 rings (SSSR count). The first-order valence-electron chi connectivity index (χ1n) is 10.5. The first-order chi connectivity index (χ1) is 15.5. The number of anilines is 2. The van der Waals surface area contributed by atoms with Crippen LogP contribution >= 0.6 is 0 Å². The van der Waals surface area contributed by atoms with E-state index in [1.54, 1.807) is 30.5 Å². The van der Waals surface area contributed by atoms with E-state index >= 15 is 0 Å². The Morgan fingerprint density at radius 3 is 2.62 bits per heavy atom. The summed E-state index contributed by atoms with van der Waals surface area (Å²) in [6.45, 7) is 0. The van der Waals surface area contributed by atoms with Crippen LogP contribution < -0.4 is 11.1 Å². The normalized spacial score (nSPS) is 19.8. The van der Waals surface area contributed by atoms with Crippen LogP contribution in [-0.4, -0.2) is 23.1 Å². The lowest BCUT2D eigenvalue weighted by Gasteiger charge is -2.27. The average Bonchev–Trinajstić information content (AvgIpc) is 3.15. The van der Waals surface area contributed by atoms with Crippen molar-refractivity contribution in [1.82, 2.24) is 4.98 Å². The lowest BCUT2D eigenvalue weighted by Crippen LogP contribution is -2.27. The molecule has 2 aliphatic heterocycles. The van der Waals surface area contributed by atoms with Gasteiger partial charge in [-0.3, -0.25) is 4.79 Å². The summed E-state index contributed by atoms with van der Waals surface area (Å²) in [7, 11) is 0. The zero-order valence-corrected chi connectivity index (χ0v) is 17.1. The van der Waals surface area contributed by atoms with Crippen LogP contribution in [0.3, 0.4) is 0 Å². The number of nitrogens with zero attached hydrogens (tertiary/aromatic N) is 1. The summed E-state index contributed by atoms with van der Waals surface area (Å²) < 4.78 is 34.8. The van der Waals surface area contributed by atoms with Crippen LogP contribution in [0.25, 0.3) is 16.7 Å². The number of hydrogen-bond acceptors (Lipinski definition) is 4. The van der Waals surface area contributed by atoms with E-state index in [0.29, 0.717) is 23.5 Å². The highest BCUT2D eigenvalue weighted by Crippen LogP contribution is 2.42. The van der Waals surface area contributed by atoms with Gasteiger partial charge in [-0.1, -0.05) is 18.2 Å². The molecule has 2 bridgehead atoms. The van der Waals surface area contributed by atoms with Crippen LogP contribution in [0.15, 0.2) is 66.4 Å². The van der Waals surface area contributed by atoms with Crippen LogP contribution in [-0.2, 0) is 9.53 Å². The number of carbonyl (C=O) groups is 1. The van der Waals surface area contributed by atoms with Crippen LogP contribution in [0, 0.1) is 11.6 Å². The van der Waals surface area contributed by atoms with Gasteiger partial charge in [0.1, 0.15) is 17.5 Å². The van der Waals surface area contributed by atoms with E-state index in [4.69, 9.17) is 10.5 Å². The molecular formula is C25H21F2N3O2. The van der Waals surface area contributed by atoms with Gasteiger partial charge in [0, 0.05) is 35.0 Å². The molecule has 0 saturated carbocycles. The number of nitrogens with two attached hydrogens (primary N) is 1. The highest BCUT2D eigenvalue weighted by Gasteiger charge is 2.38. The molecule has 32 heavy (non-hydrogen) atoms. The molecule has 5 nitrogen and oxygen atoms in total. The van der Waals surface area contributed by atoms with Crippen molar-refractivity contribution in [2.75, 3.05) is 11.1 Å². The fourth-order valence-corrected chi connectivity index (χ4v) is 4.49. The number of amides is 1. The fraction of sp³-hybridized carbons (Fsp3) is 0.200. The molecule has 0 aliphatic carbocycles. The summed E-state index contributed by atoms with van der Waals surface area (Å²) in [4.78, 5) is 17.2. The number of aromatic nitrogens is 1. The van der Waals surface area contributed by atoms with Gasteiger partial charge in [-0.05, 0) is 60.4 Å². The summed E-state index contributed by atoms with van der Waals surface area (Å²) in [6, 6.07) is 13.8. The number of halogens is 2. The SMILES string of the molecule is Nc1cc(C2=C(C(=O)Nc3ccc(-c4ccccc4F)c(F)c3)C[C@H]3CC[C@@H]2O3)ccn1. The van der Waals surface area contributed by atoms with Crippen LogP contribution in [0.4, 0.5) is 20.3 Å². The van der Waals surface area contributed by atoms with E-state index in [1.165, 1.54) is 24.3 Å². The molecule has 2 aromatic carbocycles. The molecule has 0 unspecified atom stereocenters. The number of fused-ring (bicyclic) bond motifs is 2. The Hall–Kier alpha value is -3.58. The van der Waals surface area contributed by atoms with E-state index < -0.39 is 11.6 Å². The van der Waals surface area contributed by atoms with Crippen molar-refractivity contribution in [2.24, 2.45) is 0 Å². The Labute approximate surface area is 183 Å². The number of rotatable bonds is 4. The lowest BCUT2D eigenvalue weighted by atomic mass is 9.92. The van der Waals surface area contributed by atoms with Gasteiger partial charge >= 0.3 is 0 Å². The zero-order chi connectivity index (χ0) is 22.2. The third kappa shape index (κ3) is 3.76. The average molecular weight is 433 g/mol. The predicted molar refractivity (Wildman–Crippen MR) is 119 cm³/mol. The van der Waals surface area contributed by atoms with E-state index in [9.17, 15) is 13.6 Å². The third-order valence-electron chi connectivity index (χ3n) is 5.94. The van der Waals surface area contributed by atoms with Gasteiger partial charge in [0.25, 0.3) is 5.91 Å². The molecule has 1 amide bonds. The van der Waals surface area contributed by atoms with Gasteiger partial charge in [0.15, 0.2) is 0 Å². The van der Waals surface area contributed by atoms with Crippen molar-refractivity contribution in [2.45, 2.75) is 31.5 Å². The van der Waals surface area contributed by atoms with Gasteiger partial charge in [0.05, 0.1) is 12.2 Å². The van der Waals surface area contributed by atoms with Gasteiger partial charge in [-0.2, -0.15) is 0 Å². The summed E-state index contributed by atoms with van der Waals surface area (Å²) in [6.07, 6.45) is 3.57. The molecule has 1 saturated heterocycles. The third-order valence-corrected chi connectivity index (χ3v) is 5.94. The second-order valence-corrected chi connectivity index (χ2v) is 8.02. The Morgan fingerprint density at radius 2 is 1.84 bits per heavy atom. The monoisotopic (exact) mass is 433 g/mol. The van der Waals surface area contributed by atoms with E-state index in [2.05, 4.69) is 10.3 Å². The second-order valence-electron chi connectivity index (χ2n) is 8.02. The number of ether oxygens (including phenoxy) is 1. The van der Waals surface area contributed by atoms with E-state index in [-0.39, 0.29) is 29.2 Å². The van der Waals surface area contributed by atoms with Gasteiger partial charge in [-0.25, -0.2) is 13.8 Å². The lowest BCUT2D eigenvalue weighted by molar-refractivity contribution is -0.113. The summed E-state index contributed by atoms with van der Waals surface area (Å²) >= 11 is 0. The molecule has 162 valence electrons. The molecule has 0 radical (unpaired) electrons. The minimum atomic E-state index is -0.615. The number of carbonyl (C=O) groups excluding carboxylic acids is 1. The largest absolute Gasteiger partial charge is 0.384 e. The van der Waals surface area contributed by atoms with Gasteiger partial charge in [0.2, 0.25) is 0 Å². The molecule has 2 aliphatic rings. The standard InChI is InChI=1S/C25H21F2N3O2/c26-20-4-2-1-3-17(20)18-7-5-15(12-21(18)27)30-25(31)19-13-16-6-8-22(32-16)24(19)14-9-10-29-23(28)11-14/h1-5,7,9-12,16,22H,6,8,13H2,(H2,28,29)(H,30,31)/t16-,22+/m1/s1. The molecule has 7 heteroatoms. The minimum Gasteiger partial charge on any atom is -0.384 e. The van der Waals surface area contributed by atoms with Crippen molar-refractivity contribution in [3.05, 3.63) is 83.6 Å². The van der Waals surface area contributed by atoms with Gasteiger partial charge in [-0.15, -0.1) is 0 Å². The number of hydrogen-bond donors (Lipinski definition) is 2. The molecule has 0 spiro atoms. The minimum absolute atomic E-state index is 0.0103. The Morgan fingerprint density at radius 1 is 1.03 bits per heavy atom. The number of nitrogen functional groups attached to an aromatic ring is 1. The van der Waals surface area contributed by atoms with E-state index in [1.807, 2.05) is 6.07 Å². The van der Waals surface area contributed by atoms with Crippen molar-refractivity contribution in [3.63, 3.8) is 0 Å². The Balaban J connectivity index is 1.46. The molecule has 3 aromatic rings. The quantitative estimate of drug-likeness (QED) is 0.610. The molecule has 1 aromatic heterocycles. The number of nitrogens with one attached hydrogen (secondary N) is 1. The molecular weight excluding hydrogens is 412 g/mol. The van der Waals surface area contributed by atoms with Crippen LogP contribution in [0.5, 0.6) is 0 Å². The smallest absolute Gasteiger partial charge is 0.252 e. The van der Waals surface area contributed by atoms with Crippen LogP contribution in [0.2, 0.25) is 0 Å². The molecule has 1 fully saturated rings. The Bertz CT molecular complexity index is 1240. The zero-order valence-electron chi connectivity index (χ0n) is 17.1. The maximum absolute atomic E-state index is 14.8. The van der Waals surface area contributed by atoms with Gasteiger partial charge < -0.3 is 15.8 Å². The first-order valence-corrected chi connectivity index (χ1v) is 10.5. The first kappa shape index (κ1) is 20.3. The number of pyridine rings is 1. The van der Waals surface area contributed by atoms with Crippen LogP contribution in [0.1, 0.15) is 24.8 Å². The summed E-state index contributed by atoms with van der Waals surface area (Å²) in [5.74, 6) is -1.07. The molecule has 3 heterocycles. The maximum Gasteiger partial charge on any atom is 0.252 e. The van der Waals surface area contributed by atoms with E-state index in [0.717, 1.165) is 24.0 Å². The molecule has 3 N–H and O–H groups in total. The van der Waals surface area contributed by atoms with Crippen molar-refractivity contribution < 1.29 is 18.3 Å². The maximum atomic E-state index is 14.8. The Kier molecular flexibility index (Phi) is 5.19. The topological polar surface area (TPSA) is 77.2 Å². The van der Waals surface area contributed by atoms with Crippen molar-refractivity contribution in [3.8, 4) is 11.1 Å². The molecule has 2 atom stereocenters. The van der Waals surface area contributed by atoms with Crippen molar-refractivity contribution >= 4 is 23.0 Å². The van der Waals surface area contributed by atoms with Crippen molar-refractivity contribution in [1.29, 1.82) is 0 Å². The predicted octanol–water partition coefficient (Wildman–Crippen LogP) is 4.95. The number of benzene rings is 2. The highest BCUT2D eigenvalue weighted by molar-refractivity contribution is 6.10. The second kappa shape index (κ2) is 8.16. The summed E-state index contributed by atoms with van der Waals surface area (Å²) in [5.41, 5.74) is 8.66.